The minimum Gasteiger partial charge on any atom is -0.491 e. The number of nitrogens with zero attached hydrogens (tertiary/aromatic N) is 3. The zero-order valence-corrected chi connectivity index (χ0v) is 17.9. The number of nitrogen functional groups attached to an aromatic ring is 1. The molecule has 0 amide bonds. The summed E-state index contributed by atoms with van der Waals surface area (Å²) in [5, 5.41) is 28.4. The van der Waals surface area contributed by atoms with Crippen LogP contribution in [0.3, 0.4) is 0 Å². The summed E-state index contributed by atoms with van der Waals surface area (Å²) in [5.41, 5.74) is 5.84. The van der Waals surface area contributed by atoms with E-state index in [0.29, 0.717) is 17.1 Å². The van der Waals surface area contributed by atoms with E-state index < -0.39 is 10.6 Å². The van der Waals surface area contributed by atoms with Crippen LogP contribution >= 0.6 is 0 Å². The van der Waals surface area contributed by atoms with Crippen LogP contribution in [0.15, 0.2) is 24.3 Å². The summed E-state index contributed by atoms with van der Waals surface area (Å²) in [6, 6.07) is 9.60. The van der Waals surface area contributed by atoms with Gasteiger partial charge in [0.1, 0.15) is 17.7 Å². The Labute approximate surface area is 184 Å². The number of rotatable bonds is 9. The summed E-state index contributed by atoms with van der Waals surface area (Å²) in [7, 11) is 5.67. The molecule has 0 fully saturated rings. The van der Waals surface area contributed by atoms with Gasteiger partial charge in [-0.05, 0) is 24.3 Å². The Morgan fingerprint density at radius 3 is 1.75 bits per heavy atom. The second kappa shape index (κ2) is 13.1. The first kappa shape index (κ1) is 25.8. The average molecular weight is 446 g/mol. The standard InChI is InChI=1S/C10H10N2O5.C10H12N2O3/c1-15-6-17-8-4-3-7(5-11)9(12(13)14)10(8)16-2;1-13-6-15-8-4-3-7(5-11)9(12)10(8)14-2/h3-4H,6H2,1-2H3;3-4H,6,12H2,1-2H3. The van der Waals surface area contributed by atoms with Crippen LogP contribution in [0.5, 0.6) is 23.0 Å². The van der Waals surface area contributed by atoms with Crippen LogP contribution in [-0.4, -0.2) is 46.9 Å². The number of nitro benzene ring substituents is 1. The average Bonchev–Trinajstić information content (AvgIpc) is 2.80. The zero-order valence-electron chi connectivity index (χ0n) is 17.9. The van der Waals surface area contributed by atoms with Gasteiger partial charge in [-0.2, -0.15) is 10.5 Å². The molecule has 0 aliphatic carbocycles. The quantitative estimate of drug-likeness (QED) is 0.259. The van der Waals surface area contributed by atoms with Crippen molar-refractivity contribution in [3.05, 3.63) is 45.5 Å². The van der Waals surface area contributed by atoms with Crippen LogP contribution in [0.25, 0.3) is 0 Å². The number of hydrogen-bond acceptors (Lipinski definition) is 11. The number of anilines is 1. The molecule has 0 saturated heterocycles. The fourth-order valence-electron chi connectivity index (χ4n) is 2.38. The highest BCUT2D eigenvalue weighted by Gasteiger charge is 2.25. The van der Waals surface area contributed by atoms with E-state index >= 15 is 0 Å². The van der Waals surface area contributed by atoms with Gasteiger partial charge < -0.3 is 34.2 Å². The molecule has 0 aliphatic rings. The van der Waals surface area contributed by atoms with Crippen LogP contribution in [0.2, 0.25) is 0 Å². The first-order valence-corrected chi connectivity index (χ1v) is 8.75. The summed E-state index contributed by atoms with van der Waals surface area (Å²) in [5.74, 6) is 0.869. The Morgan fingerprint density at radius 1 is 0.875 bits per heavy atom. The Balaban J connectivity index is 0.000000323. The third kappa shape index (κ3) is 6.37. The van der Waals surface area contributed by atoms with E-state index in [1.165, 1.54) is 40.6 Å². The van der Waals surface area contributed by atoms with E-state index in [4.69, 9.17) is 39.9 Å². The second-order valence-electron chi connectivity index (χ2n) is 5.63. The lowest BCUT2D eigenvalue weighted by atomic mass is 10.1. The minimum atomic E-state index is -0.683. The monoisotopic (exact) mass is 446 g/mol. The number of benzene rings is 2. The van der Waals surface area contributed by atoms with Crippen molar-refractivity contribution in [3.63, 3.8) is 0 Å². The second-order valence-corrected chi connectivity index (χ2v) is 5.63. The third-order valence-corrected chi connectivity index (χ3v) is 3.75. The molecule has 2 aromatic rings. The number of hydrogen-bond donors (Lipinski definition) is 1. The Hall–Kier alpha value is -4.26. The van der Waals surface area contributed by atoms with Gasteiger partial charge >= 0.3 is 5.69 Å². The fraction of sp³-hybridized carbons (Fsp3) is 0.300. The first-order chi connectivity index (χ1) is 15.4. The normalized spacial score (nSPS) is 9.44. The molecule has 0 aromatic heterocycles. The van der Waals surface area contributed by atoms with E-state index in [0.717, 1.165) is 0 Å². The van der Waals surface area contributed by atoms with Gasteiger partial charge in [0.15, 0.2) is 30.8 Å². The third-order valence-electron chi connectivity index (χ3n) is 3.75. The molecule has 2 N–H and O–H groups in total. The fourth-order valence-corrected chi connectivity index (χ4v) is 2.38. The molecule has 0 heterocycles. The molecule has 0 aliphatic heterocycles. The van der Waals surface area contributed by atoms with Crippen molar-refractivity contribution in [3.8, 4) is 35.1 Å². The van der Waals surface area contributed by atoms with Crippen LogP contribution < -0.4 is 24.7 Å². The molecule has 0 atom stereocenters. The molecule has 0 radical (unpaired) electrons. The van der Waals surface area contributed by atoms with Crippen molar-refractivity contribution in [2.24, 2.45) is 0 Å². The molecular weight excluding hydrogens is 424 g/mol. The maximum Gasteiger partial charge on any atom is 0.332 e. The summed E-state index contributed by atoms with van der Waals surface area (Å²) in [4.78, 5) is 10.2. The molecule has 12 heteroatoms. The summed E-state index contributed by atoms with van der Waals surface area (Å²) >= 11 is 0. The SMILES string of the molecule is COCOc1ccc(C#N)c(N)c1OC.COCOc1ccc(C#N)c([N+](=O)[O-])c1OC. The molecule has 2 rings (SSSR count). The van der Waals surface area contributed by atoms with Crippen molar-refractivity contribution in [2.75, 3.05) is 47.8 Å². The Bertz CT molecular complexity index is 1010. The van der Waals surface area contributed by atoms with Gasteiger partial charge in [0.05, 0.1) is 30.4 Å². The zero-order chi connectivity index (χ0) is 24.1. The van der Waals surface area contributed by atoms with Crippen LogP contribution in [-0.2, 0) is 9.47 Å². The maximum absolute atomic E-state index is 10.9. The van der Waals surface area contributed by atoms with Crippen molar-refractivity contribution in [2.45, 2.75) is 0 Å². The van der Waals surface area contributed by atoms with E-state index in [9.17, 15) is 10.1 Å². The number of nitro groups is 1. The van der Waals surface area contributed by atoms with Crippen molar-refractivity contribution >= 4 is 11.4 Å². The van der Waals surface area contributed by atoms with E-state index in [1.54, 1.807) is 18.2 Å². The van der Waals surface area contributed by atoms with Gasteiger partial charge in [-0.25, -0.2) is 0 Å². The van der Waals surface area contributed by atoms with Crippen LogP contribution in [0.4, 0.5) is 11.4 Å². The number of methoxy groups -OCH3 is 4. The lowest BCUT2D eigenvalue weighted by Crippen LogP contribution is -2.03. The van der Waals surface area contributed by atoms with Crippen molar-refractivity contribution in [1.29, 1.82) is 10.5 Å². The highest BCUT2D eigenvalue weighted by atomic mass is 16.7. The molecule has 0 unspecified atom stereocenters. The van der Waals surface area contributed by atoms with E-state index in [-0.39, 0.29) is 36.3 Å². The summed E-state index contributed by atoms with van der Waals surface area (Å²) in [6.07, 6.45) is 0. The van der Waals surface area contributed by atoms with Crippen molar-refractivity contribution in [1.82, 2.24) is 0 Å². The Kier molecular flexibility index (Phi) is 10.6. The molecule has 12 nitrogen and oxygen atoms in total. The molecular formula is C20H22N4O8. The lowest BCUT2D eigenvalue weighted by Gasteiger charge is -2.12. The Morgan fingerprint density at radius 2 is 1.34 bits per heavy atom. The van der Waals surface area contributed by atoms with Gasteiger partial charge in [0, 0.05) is 14.2 Å². The van der Waals surface area contributed by atoms with Gasteiger partial charge in [-0.15, -0.1) is 0 Å². The van der Waals surface area contributed by atoms with Gasteiger partial charge in [0.2, 0.25) is 5.75 Å². The maximum atomic E-state index is 10.9. The molecule has 32 heavy (non-hydrogen) atoms. The summed E-state index contributed by atoms with van der Waals surface area (Å²) in [6.45, 7) is 0.0289. The number of nitriles is 2. The predicted molar refractivity (Wildman–Crippen MR) is 111 cm³/mol. The highest BCUT2D eigenvalue weighted by Crippen LogP contribution is 2.39. The summed E-state index contributed by atoms with van der Waals surface area (Å²) < 4.78 is 29.7. The predicted octanol–water partition coefficient (Wildman–Crippen LogP) is 2.59. The molecule has 0 spiro atoms. The van der Waals surface area contributed by atoms with Crippen LogP contribution in [0, 0.1) is 32.8 Å². The van der Waals surface area contributed by atoms with E-state index in [1.807, 2.05) is 6.07 Å². The van der Waals surface area contributed by atoms with Gasteiger partial charge in [0.25, 0.3) is 0 Å². The van der Waals surface area contributed by atoms with Crippen molar-refractivity contribution < 1.29 is 33.3 Å². The first-order valence-electron chi connectivity index (χ1n) is 8.75. The molecule has 2 aromatic carbocycles. The van der Waals surface area contributed by atoms with E-state index in [2.05, 4.69) is 4.74 Å². The molecule has 170 valence electrons. The van der Waals surface area contributed by atoms with Gasteiger partial charge in [-0.3, -0.25) is 10.1 Å². The smallest absolute Gasteiger partial charge is 0.332 e. The minimum absolute atomic E-state index is 0.0700. The number of ether oxygens (including phenoxy) is 6. The molecule has 0 bridgehead atoms. The largest absolute Gasteiger partial charge is 0.491 e. The molecule has 0 saturated carbocycles. The topological polar surface area (TPSA) is 172 Å². The van der Waals surface area contributed by atoms with Crippen LogP contribution in [0.1, 0.15) is 11.1 Å². The van der Waals surface area contributed by atoms with Gasteiger partial charge in [-0.1, -0.05) is 0 Å². The highest BCUT2D eigenvalue weighted by molar-refractivity contribution is 5.68. The lowest BCUT2D eigenvalue weighted by molar-refractivity contribution is -0.386. The number of nitrogens with two attached hydrogens (primary N) is 1.